The van der Waals surface area contributed by atoms with Gasteiger partial charge in [-0.2, -0.15) is 0 Å². The summed E-state index contributed by atoms with van der Waals surface area (Å²) >= 11 is 0. The van der Waals surface area contributed by atoms with Crippen molar-refractivity contribution in [1.82, 2.24) is 4.72 Å². The van der Waals surface area contributed by atoms with Crippen molar-refractivity contribution in [2.75, 3.05) is 13.2 Å². The van der Waals surface area contributed by atoms with E-state index in [2.05, 4.69) is 4.72 Å². The fourth-order valence-electron chi connectivity index (χ4n) is 2.22. The zero-order chi connectivity index (χ0) is 20.7. The molecule has 0 aromatic heterocycles. The molecule has 2 rings (SSSR count). The minimum atomic E-state index is -3.91. The number of Topliss-reactive ketones (excluding diaryl/α,β-unsaturated/α-hetero) is 2. The maximum atomic E-state index is 13.1. The van der Waals surface area contributed by atoms with Crippen molar-refractivity contribution in [3.05, 3.63) is 65.5 Å². The molecule has 0 atom stereocenters. The van der Waals surface area contributed by atoms with Crippen LogP contribution < -0.4 is 4.72 Å². The molecule has 7 nitrogen and oxygen atoms in total. The smallest absolute Gasteiger partial charge is 0.307 e. The number of sulfonamides is 1. The highest BCUT2D eigenvalue weighted by molar-refractivity contribution is 7.89. The monoisotopic (exact) mass is 407 g/mol. The Morgan fingerprint density at radius 2 is 1.71 bits per heavy atom. The fourth-order valence-corrected chi connectivity index (χ4v) is 3.29. The van der Waals surface area contributed by atoms with E-state index >= 15 is 0 Å². The molecule has 0 aliphatic rings. The lowest BCUT2D eigenvalue weighted by Crippen LogP contribution is -2.27. The molecule has 0 aliphatic heterocycles. The maximum Gasteiger partial charge on any atom is 0.307 e. The third-order valence-electron chi connectivity index (χ3n) is 3.68. The summed E-state index contributed by atoms with van der Waals surface area (Å²) in [5.41, 5.74) is 0.317. The van der Waals surface area contributed by atoms with Crippen LogP contribution in [-0.2, 0) is 19.6 Å². The molecule has 28 heavy (non-hydrogen) atoms. The van der Waals surface area contributed by atoms with E-state index in [1.807, 2.05) is 0 Å². The number of rotatable bonds is 9. The summed E-state index contributed by atoms with van der Waals surface area (Å²) in [4.78, 5) is 34.8. The Bertz CT molecular complexity index is 1000. The van der Waals surface area contributed by atoms with Crippen LogP contribution in [0.2, 0.25) is 0 Å². The second-order valence-corrected chi connectivity index (χ2v) is 7.59. The van der Waals surface area contributed by atoms with Crippen LogP contribution >= 0.6 is 0 Å². The maximum absolute atomic E-state index is 13.1. The van der Waals surface area contributed by atoms with Crippen LogP contribution in [0.5, 0.6) is 0 Å². The van der Waals surface area contributed by atoms with Crippen LogP contribution in [0, 0.1) is 5.82 Å². The molecule has 0 radical (unpaired) electrons. The van der Waals surface area contributed by atoms with Gasteiger partial charge < -0.3 is 4.74 Å². The number of nitrogens with one attached hydrogen (secondary N) is 1. The van der Waals surface area contributed by atoms with Crippen LogP contribution in [-0.4, -0.2) is 39.1 Å². The molecule has 0 saturated carbocycles. The number of hydrogen-bond acceptors (Lipinski definition) is 6. The van der Waals surface area contributed by atoms with Gasteiger partial charge in [-0.25, -0.2) is 17.5 Å². The molecule has 2 aromatic carbocycles. The molecule has 0 aliphatic carbocycles. The summed E-state index contributed by atoms with van der Waals surface area (Å²) in [5, 5.41) is 0. The topological polar surface area (TPSA) is 107 Å². The minimum absolute atomic E-state index is 0.0684. The summed E-state index contributed by atoms with van der Waals surface area (Å²) < 4.78 is 44.5. The average Bonchev–Trinajstić information content (AvgIpc) is 2.66. The van der Waals surface area contributed by atoms with E-state index in [-0.39, 0.29) is 34.8 Å². The lowest BCUT2D eigenvalue weighted by atomic mass is 10.1. The molecule has 9 heteroatoms. The molecule has 0 spiro atoms. The van der Waals surface area contributed by atoms with E-state index in [0.29, 0.717) is 0 Å². The van der Waals surface area contributed by atoms with Crippen molar-refractivity contribution in [2.45, 2.75) is 18.2 Å². The van der Waals surface area contributed by atoms with Gasteiger partial charge >= 0.3 is 5.97 Å². The van der Waals surface area contributed by atoms with E-state index in [4.69, 9.17) is 4.74 Å². The zero-order valence-electron chi connectivity index (χ0n) is 15.0. The van der Waals surface area contributed by atoms with Gasteiger partial charge in [0.25, 0.3) is 0 Å². The van der Waals surface area contributed by atoms with E-state index in [0.717, 1.165) is 6.07 Å². The Kier molecular flexibility index (Phi) is 7.13. The van der Waals surface area contributed by atoms with Crippen LogP contribution in [0.15, 0.2) is 53.4 Å². The highest BCUT2D eigenvalue weighted by Crippen LogP contribution is 2.12. The van der Waals surface area contributed by atoms with Crippen molar-refractivity contribution in [2.24, 2.45) is 0 Å². The molecule has 0 unspecified atom stereocenters. The van der Waals surface area contributed by atoms with E-state index < -0.39 is 34.2 Å². The Labute approximate surface area is 161 Å². The van der Waals surface area contributed by atoms with Gasteiger partial charge in [-0.1, -0.05) is 24.3 Å². The predicted octanol–water partition coefficient (Wildman–Crippen LogP) is 2.12. The van der Waals surface area contributed by atoms with Crippen LogP contribution in [0.4, 0.5) is 4.39 Å². The molecule has 0 heterocycles. The number of carbonyl (C=O) groups is 3. The number of esters is 1. The van der Waals surface area contributed by atoms with Gasteiger partial charge in [0.2, 0.25) is 10.0 Å². The molecule has 1 N–H and O–H groups in total. The van der Waals surface area contributed by atoms with Gasteiger partial charge in [0.15, 0.2) is 18.2 Å². The number of ketones is 2. The quantitative estimate of drug-likeness (QED) is 0.504. The van der Waals surface area contributed by atoms with Crippen LogP contribution in [0.25, 0.3) is 0 Å². The van der Waals surface area contributed by atoms with E-state index in [1.165, 1.54) is 49.4 Å². The molecule has 0 amide bonds. The van der Waals surface area contributed by atoms with Crippen molar-refractivity contribution >= 4 is 27.6 Å². The van der Waals surface area contributed by atoms with Crippen molar-refractivity contribution < 1.29 is 31.9 Å². The number of hydrogen-bond donors (Lipinski definition) is 1. The van der Waals surface area contributed by atoms with Crippen molar-refractivity contribution in [3.63, 3.8) is 0 Å². The van der Waals surface area contributed by atoms with Gasteiger partial charge in [0.05, 0.1) is 11.3 Å². The highest BCUT2D eigenvalue weighted by Gasteiger charge is 2.16. The number of ether oxygens (including phenoxy) is 1. The van der Waals surface area contributed by atoms with Gasteiger partial charge in [-0.15, -0.1) is 0 Å². The Hall–Kier alpha value is -2.91. The Balaban J connectivity index is 1.83. The second kappa shape index (κ2) is 9.34. The summed E-state index contributed by atoms with van der Waals surface area (Å²) in [6.45, 7) is 0.496. The molecule has 2 aromatic rings. The second-order valence-electron chi connectivity index (χ2n) is 5.83. The van der Waals surface area contributed by atoms with Crippen LogP contribution in [0.1, 0.15) is 34.1 Å². The van der Waals surface area contributed by atoms with Gasteiger partial charge in [-0.3, -0.25) is 14.4 Å². The Morgan fingerprint density at radius 3 is 2.39 bits per heavy atom. The Morgan fingerprint density at radius 1 is 1.04 bits per heavy atom. The SMILES string of the molecule is CC(=O)c1cccc(S(=O)(=O)NCCC(=O)OCC(=O)c2cccc(F)c2)c1. The van der Waals surface area contributed by atoms with E-state index in [1.54, 1.807) is 0 Å². The summed E-state index contributed by atoms with van der Waals surface area (Å²) in [6, 6.07) is 10.5. The number of benzene rings is 2. The average molecular weight is 407 g/mol. The van der Waals surface area contributed by atoms with Crippen molar-refractivity contribution in [1.29, 1.82) is 0 Å². The van der Waals surface area contributed by atoms with Gasteiger partial charge in [0.1, 0.15) is 5.82 Å². The molecule has 148 valence electrons. The highest BCUT2D eigenvalue weighted by atomic mass is 32.2. The lowest BCUT2D eigenvalue weighted by Gasteiger charge is -2.08. The van der Waals surface area contributed by atoms with E-state index in [9.17, 15) is 27.2 Å². The first-order valence-corrected chi connectivity index (χ1v) is 9.72. The fraction of sp³-hybridized carbons (Fsp3) is 0.211. The molecular formula is C19H18FNO6S. The first-order chi connectivity index (χ1) is 13.2. The van der Waals surface area contributed by atoms with Crippen molar-refractivity contribution in [3.8, 4) is 0 Å². The van der Waals surface area contributed by atoms with Gasteiger partial charge in [0, 0.05) is 17.7 Å². The normalized spacial score (nSPS) is 11.1. The summed E-state index contributed by atoms with van der Waals surface area (Å²) in [7, 11) is -3.91. The number of carbonyl (C=O) groups excluding carboxylic acids is 3. The minimum Gasteiger partial charge on any atom is -0.457 e. The largest absolute Gasteiger partial charge is 0.457 e. The summed E-state index contributed by atoms with van der Waals surface area (Å²) in [5.74, 6) is -2.22. The van der Waals surface area contributed by atoms with Crippen LogP contribution in [0.3, 0.4) is 0 Å². The first kappa shape index (κ1) is 21.4. The third-order valence-corrected chi connectivity index (χ3v) is 5.14. The van der Waals surface area contributed by atoms with Gasteiger partial charge in [-0.05, 0) is 31.2 Å². The molecule has 0 saturated heterocycles. The number of halogens is 1. The lowest BCUT2D eigenvalue weighted by molar-refractivity contribution is -0.142. The molecule has 0 bridgehead atoms. The first-order valence-electron chi connectivity index (χ1n) is 8.24. The third kappa shape index (κ3) is 6.07. The predicted molar refractivity (Wildman–Crippen MR) is 97.9 cm³/mol. The molecular weight excluding hydrogens is 389 g/mol. The zero-order valence-corrected chi connectivity index (χ0v) is 15.8. The molecule has 0 fully saturated rings. The summed E-state index contributed by atoms with van der Waals surface area (Å²) in [6.07, 6.45) is -0.304. The standard InChI is InChI=1S/C19H18FNO6S/c1-13(22)14-4-3-7-17(11-14)28(25,26)21-9-8-19(24)27-12-18(23)15-5-2-6-16(20)10-15/h2-7,10-11,21H,8-9,12H2,1H3.